The molecule has 0 saturated heterocycles. The maximum Gasteiger partial charge on any atom is 0.339 e. The van der Waals surface area contributed by atoms with Gasteiger partial charge in [-0.25, -0.2) is 13.2 Å². The van der Waals surface area contributed by atoms with E-state index in [2.05, 4.69) is 9.46 Å². The SMILES string of the molecule is COCCS(=O)(=O)Nc1cccc(C(=O)O)c1O. The minimum Gasteiger partial charge on any atom is -0.505 e. The number of hydrogen-bond acceptors (Lipinski definition) is 5. The average molecular weight is 275 g/mol. The van der Waals surface area contributed by atoms with Crippen molar-refractivity contribution in [2.75, 3.05) is 24.2 Å². The molecule has 7 nitrogen and oxygen atoms in total. The third-order valence-corrected chi connectivity index (χ3v) is 3.32. The predicted octanol–water partition coefficient (Wildman–Crippen LogP) is 0.478. The van der Waals surface area contributed by atoms with E-state index in [0.717, 1.165) is 0 Å². The Hall–Kier alpha value is -1.80. The Morgan fingerprint density at radius 2 is 2.11 bits per heavy atom. The first-order chi connectivity index (χ1) is 8.37. The van der Waals surface area contributed by atoms with Crippen molar-refractivity contribution in [3.8, 4) is 5.75 Å². The Morgan fingerprint density at radius 1 is 1.44 bits per heavy atom. The normalized spacial score (nSPS) is 11.2. The second kappa shape index (κ2) is 5.69. The van der Waals surface area contributed by atoms with Gasteiger partial charge < -0.3 is 14.9 Å². The van der Waals surface area contributed by atoms with Gasteiger partial charge in [-0.1, -0.05) is 6.07 Å². The number of anilines is 1. The largest absolute Gasteiger partial charge is 0.505 e. The molecule has 1 aromatic carbocycles. The molecular weight excluding hydrogens is 262 g/mol. The van der Waals surface area contributed by atoms with Gasteiger partial charge in [0.05, 0.1) is 18.0 Å². The standard InChI is InChI=1S/C10H13NO6S/c1-17-5-6-18(15,16)11-8-4-2-3-7(9(8)12)10(13)14/h2-4,11-12H,5-6H2,1H3,(H,13,14). The van der Waals surface area contributed by atoms with Crippen LogP contribution in [0.25, 0.3) is 0 Å². The van der Waals surface area contributed by atoms with E-state index in [0.29, 0.717) is 0 Å². The van der Waals surface area contributed by atoms with Crippen LogP contribution in [-0.2, 0) is 14.8 Å². The van der Waals surface area contributed by atoms with Crippen molar-refractivity contribution in [3.63, 3.8) is 0 Å². The molecule has 0 saturated carbocycles. The monoisotopic (exact) mass is 275 g/mol. The van der Waals surface area contributed by atoms with Gasteiger partial charge in [-0.15, -0.1) is 0 Å². The van der Waals surface area contributed by atoms with Gasteiger partial charge >= 0.3 is 5.97 Å². The van der Waals surface area contributed by atoms with Crippen LogP contribution in [0.2, 0.25) is 0 Å². The summed E-state index contributed by atoms with van der Waals surface area (Å²) < 4.78 is 29.8. The van der Waals surface area contributed by atoms with Crippen molar-refractivity contribution >= 4 is 21.7 Å². The van der Waals surface area contributed by atoms with E-state index in [4.69, 9.17) is 5.11 Å². The van der Waals surface area contributed by atoms with Crippen LogP contribution in [0.4, 0.5) is 5.69 Å². The van der Waals surface area contributed by atoms with Crippen molar-refractivity contribution in [1.82, 2.24) is 0 Å². The van der Waals surface area contributed by atoms with Crippen LogP contribution in [0.15, 0.2) is 18.2 Å². The summed E-state index contributed by atoms with van der Waals surface area (Å²) in [5.41, 5.74) is -0.548. The first-order valence-electron chi connectivity index (χ1n) is 4.92. The highest BCUT2D eigenvalue weighted by Crippen LogP contribution is 2.28. The molecule has 0 aliphatic carbocycles. The molecule has 100 valence electrons. The zero-order valence-corrected chi connectivity index (χ0v) is 10.4. The number of methoxy groups -OCH3 is 1. The fourth-order valence-electron chi connectivity index (χ4n) is 1.21. The first kappa shape index (κ1) is 14.3. The van der Waals surface area contributed by atoms with E-state index in [1.54, 1.807) is 0 Å². The fourth-order valence-corrected chi connectivity index (χ4v) is 2.20. The zero-order valence-electron chi connectivity index (χ0n) is 9.58. The number of aromatic carboxylic acids is 1. The lowest BCUT2D eigenvalue weighted by Gasteiger charge is -2.10. The van der Waals surface area contributed by atoms with Crippen LogP contribution < -0.4 is 4.72 Å². The molecule has 1 rings (SSSR count). The Kier molecular flexibility index (Phi) is 4.51. The summed E-state index contributed by atoms with van der Waals surface area (Å²) in [5, 5.41) is 18.4. The zero-order chi connectivity index (χ0) is 13.8. The molecule has 0 aromatic heterocycles. The Balaban J connectivity index is 2.98. The smallest absolute Gasteiger partial charge is 0.339 e. The molecule has 1 aromatic rings. The molecule has 0 radical (unpaired) electrons. The molecule has 8 heteroatoms. The Morgan fingerprint density at radius 3 is 2.67 bits per heavy atom. The van der Waals surface area contributed by atoms with Gasteiger partial charge in [-0.3, -0.25) is 4.72 Å². The third-order valence-electron chi connectivity index (χ3n) is 2.09. The number of carboxylic acid groups (broad SMARTS) is 1. The number of para-hydroxylation sites is 1. The minimum atomic E-state index is -3.69. The fraction of sp³-hybridized carbons (Fsp3) is 0.300. The molecule has 0 aliphatic rings. The summed E-state index contributed by atoms with van der Waals surface area (Å²) >= 11 is 0. The van der Waals surface area contributed by atoms with E-state index in [9.17, 15) is 18.3 Å². The summed E-state index contributed by atoms with van der Waals surface area (Å²) in [6, 6.07) is 3.77. The number of carboxylic acids is 1. The van der Waals surface area contributed by atoms with E-state index in [1.807, 2.05) is 0 Å². The quantitative estimate of drug-likeness (QED) is 0.651. The Bertz CT molecular complexity index is 539. The van der Waals surface area contributed by atoms with Gasteiger partial charge in [0.15, 0.2) is 5.75 Å². The highest BCUT2D eigenvalue weighted by Gasteiger charge is 2.17. The van der Waals surface area contributed by atoms with Crippen molar-refractivity contribution < 1.29 is 28.2 Å². The lowest BCUT2D eigenvalue weighted by Crippen LogP contribution is -2.20. The van der Waals surface area contributed by atoms with Gasteiger partial charge in [0.2, 0.25) is 10.0 Å². The number of sulfonamides is 1. The van der Waals surface area contributed by atoms with Crippen LogP contribution >= 0.6 is 0 Å². The molecule has 0 atom stereocenters. The molecule has 0 unspecified atom stereocenters. The molecule has 0 aliphatic heterocycles. The molecular formula is C10H13NO6S. The average Bonchev–Trinajstić information content (AvgIpc) is 2.29. The summed E-state index contributed by atoms with van der Waals surface area (Å²) in [5.74, 6) is -2.25. The number of ether oxygens (including phenoxy) is 1. The molecule has 18 heavy (non-hydrogen) atoms. The predicted molar refractivity (Wildman–Crippen MR) is 64.4 cm³/mol. The van der Waals surface area contributed by atoms with Crippen LogP contribution in [-0.4, -0.2) is 44.1 Å². The van der Waals surface area contributed by atoms with Gasteiger partial charge in [0.1, 0.15) is 5.56 Å². The molecule has 0 fully saturated rings. The second-order valence-electron chi connectivity index (χ2n) is 3.42. The number of nitrogens with one attached hydrogen (secondary N) is 1. The number of carbonyl (C=O) groups is 1. The Labute approximate surface area is 104 Å². The third kappa shape index (κ3) is 3.60. The van der Waals surface area contributed by atoms with E-state index in [1.165, 1.54) is 25.3 Å². The minimum absolute atomic E-state index is 0.00524. The van der Waals surface area contributed by atoms with Crippen LogP contribution in [0.3, 0.4) is 0 Å². The van der Waals surface area contributed by atoms with Crippen molar-refractivity contribution in [2.45, 2.75) is 0 Å². The molecule has 0 amide bonds. The lowest BCUT2D eigenvalue weighted by atomic mass is 10.2. The van der Waals surface area contributed by atoms with Crippen LogP contribution in [0.5, 0.6) is 5.75 Å². The van der Waals surface area contributed by atoms with Crippen LogP contribution in [0, 0.1) is 0 Å². The summed E-state index contributed by atoms with van der Waals surface area (Å²) in [6.07, 6.45) is 0. The summed E-state index contributed by atoms with van der Waals surface area (Å²) in [4.78, 5) is 10.8. The number of aromatic hydroxyl groups is 1. The maximum atomic E-state index is 11.5. The molecule has 3 N–H and O–H groups in total. The van der Waals surface area contributed by atoms with E-state index in [-0.39, 0.29) is 23.6 Å². The molecule has 0 heterocycles. The topological polar surface area (TPSA) is 113 Å². The van der Waals surface area contributed by atoms with Gasteiger partial charge in [0, 0.05) is 7.11 Å². The van der Waals surface area contributed by atoms with E-state index < -0.39 is 21.7 Å². The van der Waals surface area contributed by atoms with E-state index >= 15 is 0 Å². The van der Waals surface area contributed by atoms with Gasteiger partial charge in [-0.2, -0.15) is 0 Å². The first-order valence-corrected chi connectivity index (χ1v) is 6.57. The van der Waals surface area contributed by atoms with Gasteiger partial charge in [-0.05, 0) is 12.1 Å². The second-order valence-corrected chi connectivity index (χ2v) is 5.26. The molecule has 0 spiro atoms. The van der Waals surface area contributed by atoms with Crippen molar-refractivity contribution in [3.05, 3.63) is 23.8 Å². The number of phenols is 1. The number of benzene rings is 1. The van der Waals surface area contributed by atoms with Gasteiger partial charge in [0.25, 0.3) is 0 Å². The maximum absolute atomic E-state index is 11.5. The summed E-state index contributed by atoms with van der Waals surface area (Å²) in [6.45, 7) is -0.00524. The number of rotatable bonds is 6. The van der Waals surface area contributed by atoms with Crippen molar-refractivity contribution in [2.24, 2.45) is 0 Å². The number of hydrogen-bond donors (Lipinski definition) is 3. The van der Waals surface area contributed by atoms with Crippen LogP contribution in [0.1, 0.15) is 10.4 Å². The molecule has 0 bridgehead atoms. The summed E-state index contributed by atoms with van der Waals surface area (Å²) in [7, 11) is -2.33. The highest BCUT2D eigenvalue weighted by atomic mass is 32.2. The van der Waals surface area contributed by atoms with Crippen molar-refractivity contribution in [1.29, 1.82) is 0 Å². The highest BCUT2D eigenvalue weighted by molar-refractivity contribution is 7.92. The lowest BCUT2D eigenvalue weighted by molar-refractivity contribution is 0.0694.